The monoisotopic (exact) mass is 555 g/mol. The van der Waals surface area contributed by atoms with Crippen LogP contribution in [0.2, 0.25) is 0 Å². The number of hydrogen-bond donors (Lipinski definition) is 1. The third-order valence-corrected chi connectivity index (χ3v) is 5.90. The number of nitrogens with zero attached hydrogens (tertiary/aromatic N) is 4. The highest BCUT2D eigenvalue weighted by molar-refractivity contribution is 14.0. The Morgan fingerprint density at radius 1 is 1.22 bits per heavy atom. The van der Waals surface area contributed by atoms with Gasteiger partial charge in [-0.3, -0.25) is 9.89 Å². The SMILES string of the molecule is CN=C(NCc1cccc(OCCN(C)C2CCOCC2)c1)N(C)Cc1cccn1C.I. The van der Waals surface area contributed by atoms with E-state index in [1.54, 1.807) is 0 Å². The molecule has 8 heteroatoms. The Morgan fingerprint density at radius 2 is 2.00 bits per heavy atom. The van der Waals surface area contributed by atoms with Crippen LogP contribution in [0.15, 0.2) is 47.6 Å². The standard InChI is InChI=1S/C24H37N5O2.HI/c1-25-24(29(4)19-22-8-6-12-27(22)2)26-18-20-7-5-9-23(17-20)31-16-13-28(3)21-10-14-30-15-11-21;/h5-9,12,17,21H,10-11,13-16,18-19H2,1-4H3,(H,25,26);1H. The fourth-order valence-corrected chi connectivity index (χ4v) is 3.91. The quantitative estimate of drug-likeness (QED) is 0.293. The second kappa shape index (κ2) is 13.7. The number of ether oxygens (including phenoxy) is 2. The molecule has 0 amide bonds. The normalized spacial score (nSPS) is 14.8. The van der Waals surface area contributed by atoms with Crippen LogP contribution in [0.4, 0.5) is 0 Å². The van der Waals surface area contributed by atoms with Gasteiger partial charge in [0.15, 0.2) is 5.96 Å². The zero-order valence-electron chi connectivity index (χ0n) is 19.8. The first-order chi connectivity index (χ1) is 15.1. The molecule has 0 bridgehead atoms. The molecule has 2 aromatic rings. The Bertz CT molecular complexity index is 835. The number of halogens is 1. The molecule has 3 rings (SSSR count). The van der Waals surface area contributed by atoms with Crippen LogP contribution in [-0.2, 0) is 24.9 Å². The molecule has 1 saturated heterocycles. The van der Waals surface area contributed by atoms with E-state index in [-0.39, 0.29) is 24.0 Å². The minimum Gasteiger partial charge on any atom is -0.492 e. The summed E-state index contributed by atoms with van der Waals surface area (Å²) in [5.74, 6) is 1.78. The van der Waals surface area contributed by atoms with E-state index in [4.69, 9.17) is 9.47 Å². The van der Waals surface area contributed by atoms with Crippen molar-refractivity contribution in [2.24, 2.45) is 12.0 Å². The summed E-state index contributed by atoms with van der Waals surface area (Å²) in [7, 11) is 8.11. The number of aromatic nitrogens is 1. The number of hydrogen-bond acceptors (Lipinski definition) is 4. The third kappa shape index (κ3) is 7.97. The van der Waals surface area contributed by atoms with E-state index in [1.807, 2.05) is 19.2 Å². The van der Waals surface area contributed by atoms with E-state index in [2.05, 4.69) is 76.3 Å². The van der Waals surface area contributed by atoms with Gasteiger partial charge in [0, 0.05) is 65.4 Å². The van der Waals surface area contributed by atoms with Gasteiger partial charge in [-0.05, 0) is 49.7 Å². The van der Waals surface area contributed by atoms with Crippen LogP contribution in [-0.4, -0.2) is 73.9 Å². The van der Waals surface area contributed by atoms with Crippen molar-refractivity contribution in [3.8, 4) is 5.75 Å². The van der Waals surface area contributed by atoms with Crippen LogP contribution in [0.3, 0.4) is 0 Å². The third-order valence-electron chi connectivity index (χ3n) is 5.90. The molecule has 0 unspecified atom stereocenters. The Labute approximate surface area is 209 Å². The lowest BCUT2D eigenvalue weighted by Gasteiger charge is -2.31. The number of likely N-dealkylation sites (N-methyl/N-ethyl adjacent to an activating group) is 1. The molecule has 0 spiro atoms. The van der Waals surface area contributed by atoms with E-state index in [9.17, 15) is 0 Å². The van der Waals surface area contributed by atoms with Crippen LogP contribution in [0, 0.1) is 0 Å². The van der Waals surface area contributed by atoms with Crippen LogP contribution in [0.5, 0.6) is 5.75 Å². The number of benzene rings is 1. The molecule has 0 atom stereocenters. The lowest BCUT2D eigenvalue weighted by atomic mass is 10.1. The summed E-state index contributed by atoms with van der Waals surface area (Å²) < 4.78 is 13.6. The molecule has 1 aliphatic rings. The topological polar surface area (TPSA) is 54.3 Å². The maximum Gasteiger partial charge on any atom is 0.194 e. The van der Waals surface area contributed by atoms with Gasteiger partial charge in [0.2, 0.25) is 0 Å². The van der Waals surface area contributed by atoms with Gasteiger partial charge in [-0.15, -0.1) is 24.0 Å². The van der Waals surface area contributed by atoms with Crippen molar-refractivity contribution in [2.45, 2.75) is 32.0 Å². The van der Waals surface area contributed by atoms with Crippen LogP contribution in [0.25, 0.3) is 0 Å². The van der Waals surface area contributed by atoms with Crippen molar-refractivity contribution in [3.63, 3.8) is 0 Å². The van der Waals surface area contributed by atoms with Crippen molar-refractivity contribution < 1.29 is 9.47 Å². The zero-order valence-corrected chi connectivity index (χ0v) is 22.1. The first-order valence-corrected chi connectivity index (χ1v) is 11.1. The first-order valence-electron chi connectivity index (χ1n) is 11.1. The summed E-state index contributed by atoms with van der Waals surface area (Å²) in [5, 5.41) is 3.45. The fourth-order valence-electron chi connectivity index (χ4n) is 3.91. The van der Waals surface area contributed by atoms with Crippen molar-refractivity contribution >= 4 is 29.9 Å². The first kappa shape index (κ1) is 26.5. The van der Waals surface area contributed by atoms with Crippen LogP contribution < -0.4 is 10.1 Å². The maximum absolute atomic E-state index is 6.03. The van der Waals surface area contributed by atoms with E-state index < -0.39 is 0 Å². The summed E-state index contributed by atoms with van der Waals surface area (Å²) in [5.41, 5.74) is 2.41. The van der Waals surface area contributed by atoms with E-state index in [1.165, 1.54) is 11.3 Å². The molecule has 0 radical (unpaired) electrons. The van der Waals surface area contributed by atoms with Gasteiger partial charge in [0.1, 0.15) is 12.4 Å². The average Bonchev–Trinajstić information content (AvgIpc) is 3.19. The smallest absolute Gasteiger partial charge is 0.194 e. The molecule has 32 heavy (non-hydrogen) atoms. The predicted octanol–water partition coefficient (Wildman–Crippen LogP) is 3.34. The number of aryl methyl sites for hydroxylation is 1. The largest absolute Gasteiger partial charge is 0.492 e. The van der Waals surface area contributed by atoms with Gasteiger partial charge >= 0.3 is 0 Å². The number of aliphatic imine (C=N–C) groups is 1. The average molecular weight is 556 g/mol. The van der Waals surface area contributed by atoms with Gasteiger partial charge < -0.3 is 24.3 Å². The van der Waals surface area contributed by atoms with Crippen LogP contribution >= 0.6 is 24.0 Å². The number of guanidine groups is 1. The number of rotatable bonds is 9. The minimum absolute atomic E-state index is 0. The molecule has 0 aliphatic carbocycles. The van der Waals surface area contributed by atoms with Crippen molar-refractivity contribution in [1.29, 1.82) is 0 Å². The van der Waals surface area contributed by atoms with Crippen LogP contribution in [0.1, 0.15) is 24.1 Å². The fraction of sp³-hybridized carbons (Fsp3) is 0.542. The molecular weight excluding hydrogens is 517 g/mol. The Hall–Kier alpha value is -1.78. The second-order valence-electron chi connectivity index (χ2n) is 8.19. The molecule has 2 heterocycles. The van der Waals surface area contributed by atoms with Crippen molar-refractivity contribution in [2.75, 3.05) is 47.5 Å². The van der Waals surface area contributed by atoms with Gasteiger partial charge in [0.05, 0.1) is 6.54 Å². The lowest BCUT2D eigenvalue weighted by Crippen LogP contribution is -2.38. The van der Waals surface area contributed by atoms with Gasteiger partial charge in [0.25, 0.3) is 0 Å². The lowest BCUT2D eigenvalue weighted by molar-refractivity contribution is 0.0392. The summed E-state index contributed by atoms with van der Waals surface area (Å²) in [4.78, 5) is 8.94. The highest BCUT2D eigenvalue weighted by Crippen LogP contribution is 2.15. The molecule has 1 aliphatic heterocycles. The molecule has 178 valence electrons. The molecule has 1 fully saturated rings. The molecule has 1 N–H and O–H groups in total. The summed E-state index contributed by atoms with van der Waals surface area (Å²) in [6.45, 7) is 4.84. The van der Waals surface area contributed by atoms with Gasteiger partial charge in [-0.2, -0.15) is 0 Å². The zero-order chi connectivity index (χ0) is 22.1. The summed E-state index contributed by atoms with van der Waals surface area (Å²) >= 11 is 0. The molecule has 1 aromatic carbocycles. The molecule has 1 aromatic heterocycles. The predicted molar refractivity (Wildman–Crippen MR) is 141 cm³/mol. The van der Waals surface area contributed by atoms with Crippen molar-refractivity contribution in [3.05, 3.63) is 53.9 Å². The van der Waals surface area contributed by atoms with Gasteiger partial charge in [-0.25, -0.2) is 0 Å². The van der Waals surface area contributed by atoms with E-state index in [0.29, 0.717) is 19.2 Å². The van der Waals surface area contributed by atoms with E-state index >= 15 is 0 Å². The van der Waals surface area contributed by atoms with E-state index in [0.717, 1.165) is 50.9 Å². The summed E-state index contributed by atoms with van der Waals surface area (Å²) in [6, 6.07) is 13.1. The van der Waals surface area contributed by atoms with Crippen molar-refractivity contribution in [1.82, 2.24) is 19.7 Å². The molecular formula is C24H38IN5O2. The minimum atomic E-state index is 0. The van der Waals surface area contributed by atoms with Gasteiger partial charge in [-0.1, -0.05) is 12.1 Å². The summed E-state index contributed by atoms with van der Waals surface area (Å²) in [6.07, 6.45) is 4.28. The Balaban J connectivity index is 0.00000363. The Kier molecular flexibility index (Phi) is 11.3. The Morgan fingerprint density at radius 3 is 2.69 bits per heavy atom. The molecule has 7 nitrogen and oxygen atoms in total. The highest BCUT2D eigenvalue weighted by atomic mass is 127. The second-order valence-corrected chi connectivity index (χ2v) is 8.19. The number of nitrogens with one attached hydrogen (secondary N) is 1. The maximum atomic E-state index is 6.03. The highest BCUT2D eigenvalue weighted by Gasteiger charge is 2.18. The molecule has 0 saturated carbocycles.